The maximum atomic E-state index is 5.69. The highest BCUT2D eigenvalue weighted by molar-refractivity contribution is 5.71. The Balaban J connectivity index is 2.23. The molecule has 0 saturated heterocycles. The topological polar surface area (TPSA) is 76.7 Å². The molecule has 1 atom stereocenters. The van der Waals surface area contributed by atoms with Crippen LogP contribution in [0.4, 0.5) is 5.82 Å². The summed E-state index contributed by atoms with van der Waals surface area (Å²) in [5.74, 6) is 0.821. The molecule has 2 rings (SSSR count). The molecule has 1 unspecified atom stereocenters. The van der Waals surface area contributed by atoms with E-state index in [2.05, 4.69) is 41.0 Å². The van der Waals surface area contributed by atoms with Crippen LogP contribution in [-0.2, 0) is 0 Å². The van der Waals surface area contributed by atoms with E-state index in [0.717, 1.165) is 17.8 Å². The number of nitrogens with two attached hydrogens (primary N) is 1. The van der Waals surface area contributed by atoms with Gasteiger partial charge >= 0.3 is 0 Å². The summed E-state index contributed by atoms with van der Waals surface area (Å²) < 4.78 is 0. The van der Waals surface area contributed by atoms with Gasteiger partial charge in [-0.15, -0.1) is 0 Å². The second-order valence-corrected chi connectivity index (χ2v) is 5.74. The van der Waals surface area contributed by atoms with E-state index >= 15 is 0 Å². The fraction of sp³-hybridized carbons (Fsp3) is 0.500. The molecule has 102 valence electrons. The van der Waals surface area contributed by atoms with Crippen LogP contribution in [0, 0.1) is 5.41 Å². The van der Waals surface area contributed by atoms with Crippen LogP contribution >= 0.6 is 0 Å². The van der Waals surface area contributed by atoms with Gasteiger partial charge in [-0.3, -0.25) is 4.98 Å². The Bertz CT molecular complexity index is 547. The first kappa shape index (κ1) is 13.7. The van der Waals surface area contributed by atoms with E-state index in [-0.39, 0.29) is 11.5 Å². The second kappa shape index (κ2) is 5.48. The molecule has 2 aromatic heterocycles. The van der Waals surface area contributed by atoms with Crippen LogP contribution in [0.3, 0.4) is 0 Å². The lowest BCUT2D eigenvalue weighted by Crippen LogP contribution is -2.36. The Kier molecular flexibility index (Phi) is 3.95. The monoisotopic (exact) mass is 259 g/mol. The van der Waals surface area contributed by atoms with Gasteiger partial charge in [0.15, 0.2) is 5.65 Å². The van der Waals surface area contributed by atoms with Gasteiger partial charge in [-0.25, -0.2) is 9.97 Å². The van der Waals surface area contributed by atoms with Gasteiger partial charge in [0.05, 0.1) is 0 Å². The highest BCUT2D eigenvalue weighted by Gasteiger charge is 2.24. The summed E-state index contributed by atoms with van der Waals surface area (Å²) in [5, 5.41) is 3.45. The molecule has 0 amide bonds. The lowest BCUT2D eigenvalue weighted by Gasteiger charge is -2.31. The highest BCUT2D eigenvalue weighted by Crippen LogP contribution is 2.25. The third-order valence-electron chi connectivity index (χ3n) is 3.15. The summed E-state index contributed by atoms with van der Waals surface area (Å²) in [6.45, 7) is 7.24. The third-order valence-corrected chi connectivity index (χ3v) is 3.15. The Morgan fingerprint density at radius 2 is 1.95 bits per heavy atom. The van der Waals surface area contributed by atoms with E-state index < -0.39 is 0 Å². The lowest BCUT2D eigenvalue weighted by molar-refractivity contribution is 0.328. The molecule has 0 aliphatic rings. The average molecular weight is 259 g/mol. The van der Waals surface area contributed by atoms with Gasteiger partial charge in [-0.1, -0.05) is 20.8 Å². The molecule has 0 saturated carbocycles. The molecule has 0 aliphatic carbocycles. The van der Waals surface area contributed by atoms with E-state index in [9.17, 15) is 0 Å². The average Bonchev–Trinajstić information content (AvgIpc) is 2.37. The molecule has 5 nitrogen and oxygen atoms in total. The van der Waals surface area contributed by atoms with Crippen LogP contribution in [0.1, 0.15) is 27.2 Å². The maximum absolute atomic E-state index is 5.69. The van der Waals surface area contributed by atoms with Crippen LogP contribution < -0.4 is 11.1 Å². The van der Waals surface area contributed by atoms with Gasteiger partial charge in [0.2, 0.25) is 0 Å². The van der Waals surface area contributed by atoms with Gasteiger partial charge in [-0.2, -0.15) is 0 Å². The minimum absolute atomic E-state index is 0.123. The van der Waals surface area contributed by atoms with Crippen molar-refractivity contribution in [3.05, 3.63) is 24.5 Å². The van der Waals surface area contributed by atoms with Crippen LogP contribution in [-0.4, -0.2) is 27.5 Å². The van der Waals surface area contributed by atoms with Crippen LogP contribution in [0.15, 0.2) is 24.5 Å². The molecule has 0 fully saturated rings. The van der Waals surface area contributed by atoms with E-state index in [0.29, 0.717) is 12.2 Å². The summed E-state index contributed by atoms with van der Waals surface area (Å²) in [7, 11) is 0. The minimum Gasteiger partial charge on any atom is -0.367 e. The van der Waals surface area contributed by atoms with Gasteiger partial charge in [0.25, 0.3) is 0 Å². The van der Waals surface area contributed by atoms with Crippen molar-refractivity contribution >= 4 is 17.0 Å². The Morgan fingerprint density at radius 1 is 1.21 bits per heavy atom. The smallest absolute Gasteiger partial charge is 0.180 e. The zero-order valence-electron chi connectivity index (χ0n) is 11.7. The molecular weight excluding hydrogens is 238 g/mol. The molecule has 0 spiro atoms. The Morgan fingerprint density at radius 3 is 2.63 bits per heavy atom. The second-order valence-electron chi connectivity index (χ2n) is 5.74. The van der Waals surface area contributed by atoms with Gasteiger partial charge < -0.3 is 11.1 Å². The molecule has 2 heterocycles. The largest absolute Gasteiger partial charge is 0.367 e. The maximum Gasteiger partial charge on any atom is 0.180 e. The number of aromatic nitrogens is 3. The SMILES string of the molecule is CC(C)(C)C(CCN)Nc1ccc2nccnc2n1. The van der Waals surface area contributed by atoms with E-state index in [4.69, 9.17) is 5.73 Å². The van der Waals surface area contributed by atoms with Crippen molar-refractivity contribution in [2.24, 2.45) is 11.1 Å². The van der Waals surface area contributed by atoms with E-state index in [1.165, 1.54) is 0 Å². The van der Waals surface area contributed by atoms with Crippen LogP contribution in [0.5, 0.6) is 0 Å². The number of pyridine rings is 1. The lowest BCUT2D eigenvalue weighted by atomic mass is 9.85. The zero-order chi connectivity index (χ0) is 13.9. The predicted octanol–water partition coefficient (Wildman–Crippen LogP) is 2.20. The molecule has 0 radical (unpaired) electrons. The number of nitrogens with one attached hydrogen (secondary N) is 1. The van der Waals surface area contributed by atoms with Crippen molar-refractivity contribution in [3.63, 3.8) is 0 Å². The number of hydrogen-bond donors (Lipinski definition) is 2. The highest BCUT2D eigenvalue weighted by atomic mass is 15.0. The number of anilines is 1. The van der Waals surface area contributed by atoms with E-state index in [1.807, 2.05) is 12.1 Å². The van der Waals surface area contributed by atoms with E-state index in [1.54, 1.807) is 12.4 Å². The summed E-state index contributed by atoms with van der Waals surface area (Å²) in [6.07, 6.45) is 4.23. The number of hydrogen-bond acceptors (Lipinski definition) is 5. The van der Waals surface area contributed by atoms with Crippen molar-refractivity contribution < 1.29 is 0 Å². The van der Waals surface area contributed by atoms with Crippen LogP contribution in [0.25, 0.3) is 11.2 Å². The summed E-state index contributed by atoms with van der Waals surface area (Å²) >= 11 is 0. The predicted molar refractivity (Wildman–Crippen MR) is 77.9 cm³/mol. The fourth-order valence-corrected chi connectivity index (χ4v) is 2.00. The molecule has 19 heavy (non-hydrogen) atoms. The quantitative estimate of drug-likeness (QED) is 0.880. The first-order valence-corrected chi connectivity index (χ1v) is 6.55. The molecule has 0 aromatic carbocycles. The van der Waals surface area contributed by atoms with Crippen molar-refractivity contribution in [3.8, 4) is 0 Å². The molecule has 0 bridgehead atoms. The number of nitrogens with zero attached hydrogens (tertiary/aromatic N) is 3. The van der Waals surface area contributed by atoms with Gasteiger partial charge in [0, 0.05) is 18.4 Å². The zero-order valence-corrected chi connectivity index (χ0v) is 11.7. The van der Waals surface area contributed by atoms with Crippen molar-refractivity contribution in [2.45, 2.75) is 33.2 Å². The fourth-order valence-electron chi connectivity index (χ4n) is 2.00. The first-order chi connectivity index (χ1) is 9.00. The van der Waals surface area contributed by atoms with Crippen molar-refractivity contribution in [1.29, 1.82) is 0 Å². The normalized spacial score (nSPS) is 13.5. The third kappa shape index (κ3) is 3.38. The first-order valence-electron chi connectivity index (χ1n) is 6.55. The van der Waals surface area contributed by atoms with Crippen molar-refractivity contribution in [2.75, 3.05) is 11.9 Å². The van der Waals surface area contributed by atoms with Gasteiger partial charge in [-0.05, 0) is 30.5 Å². The number of rotatable bonds is 4. The summed E-state index contributed by atoms with van der Waals surface area (Å²) in [5.41, 5.74) is 7.28. The Hall–Kier alpha value is -1.75. The standard InChI is InChI=1S/C14H21N5/c1-14(2,3)11(6-7-15)18-12-5-4-10-13(19-12)17-9-8-16-10/h4-5,8-9,11H,6-7,15H2,1-3H3,(H,17,18,19). The van der Waals surface area contributed by atoms with Crippen molar-refractivity contribution in [1.82, 2.24) is 15.0 Å². The molecule has 0 aliphatic heterocycles. The van der Waals surface area contributed by atoms with Crippen LogP contribution in [0.2, 0.25) is 0 Å². The molecular formula is C14H21N5. The Labute approximate surface area is 113 Å². The number of fused-ring (bicyclic) bond motifs is 1. The summed E-state index contributed by atoms with van der Waals surface area (Å²) in [6, 6.07) is 4.14. The molecule has 3 N–H and O–H groups in total. The minimum atomic E-state index is 0.123. The van der Waals surface area contributed by atoms with Gasteiger partial charge in [0.1, 0.15) is 11.3 Å². The molecule has 5 heteroatoms. The molecule has 2 aromatic rings. The summed E-state index contributed by atoms with van der Waals surface area (Å²) in [4.78, 5) is 12.9.